The second kappa shape index (κ2) is 4.59. The molecule has 1 aliphatic rings. The molecule has 1 saturated heterocycles. The van der Waals surface area contributed by atoms with E-state index >= 15 is 0 Å². The minimum absolute atomic E-state index is 0.128. The third-order valence-electron chi connectivity index (χ3n) is 2.73. The molecule has 6 heteroatoms. The Kier molecular flexibility index (Phi) is 3.32. The molecule has 0 aliphatic carbocycles. The van der Waals surface area contributed by atoms with Crippen molar-refractivity contribution in [3.05, 3.63) is 27.6 Å². The van der Waals surface area contributed by atoms with Crippen molar-refractivity contribution in [1.82, 2.24) is 0 Å². The molecule has 1 aliphatic heterocycles. The average Bonchev–Trinajstić information content (AvgIpc) is 2.61. The van der Waals surface area contributed by atoms with Gasteiger partial charge in [0.1, 0.15) is 5.82 Å². The number of amides is 2. The van der Waals surface area contributed by atoms with Gasteiger partial charge in [0.25, 0.3) is 0 Å². The quantitative estimate of drug-likeness (QED) is 0.819. The van der Waals surface area contributed by atoms with Crippen molar-refractivity contribution in [2.75, 3.05) is 11.4 Å². The minimum Gasteiger partial charge on any atom is -0.369 e. The summed E-state index contributed by atoms with van der Waals surface area (Å²) in [6, 6.07) is 4.18. The molecule has 90 valence electrons. The number of benzene rings is 1. The van der Waals surface area contributed by atoms with E-state index in [0.29, 0.717) is 9.26 Å². The van der Waals surface area contributed by atoms with Crippen LogP contribution in [0.3, 0.4) is 0 Å². The van der Waals surface area contributed by atoms with E-state index in [0.717, 1.165) is 0 Å². The van der Waals surface area contributed by atoms with Gasteiger partial charge >= 0.3 is 0 Å². The molecule has 0 radical (unpaired) electrons. The monoisotopic (exact) mass is 348 g/mol. The van der Waals surface area contributed by atoms with Gasteiger partial charge in [0.15, 0.2) is 0 Å². The summed E-state index contributed by atoms with van der Waals surface area (Å²) < 4.78 is 13.6. The first-order chi connectivity index (χ1) is 7.99. The molecule has 1 fully saturated rings. The maximum atomic E-state index is 13.0. The van der Waals surface area contributed by atoms with Crippen molar-refractivity contribution in [2.24, 2.45) is 11.7 Å². The highest BCUT2D eigenvalue weighted by molar-refractivity contribution is 14.1. The van der Waals surface area contributed by atoms with Gasteiger partial charge in [-0.25, -0.2) is 4.39 Å². The van der Waals surface area contributed by atoms with Crippen LogP contribution in [-0.4, -0.2) is 18.4 Å². The first-order valence-corrected chi connectivity index (χ1v) is 6.11. The molecule has 0 saturated carbocycles. The Balaban J connectivity index is 2.29. The fourth-order valence-corrected chi connectivity index (χ4v) is 2.60. The van der Waals surface area contributed by atoms with Crippen LogP contribution in [0.15, 0.2) is 18.2 Å². The number of nitrogens with zero attached hydrogens (tertiary/aromatic N) is 1. The topological polar surface area (TPSA) is 63.4 Å². The number of hydrogen-bond acceptors (Lipinski definition) is 2. The van der Waals surface area contributed by atoms with Gasteiger partial charge in [-0.3, -0.25) is 9.59 Å². The largest absolute Gasteiger partial charge is 0.369 e. The third-order valence-corrected chi connectivity index (χ3v) is 3.59. The lowest BCUT2D eigenvalue weighted by molar-refractivity contribution is -0.123. The van der Waals surface area contributed by atoms with Gasteiger partial charge in [0.2, 0.25) is 11.8 Å². The Bertz CT molecular complexity index is 492. The first kappa shape index (κ1) is 12.3. The highest BCUT2D eigenvalue weighted by Gasteiger charge is 2.34. The second-order valence-electron chi connectivity index (χ2n) is 3.90. The lowest BCUT2D eigenvalue weighted by Crippen LogP contribution is -2.28. The van der Waals surface area contributed by atoms with Crippen LogP contribution in [0.1, 0.15) is 6.42 Å². The Morgan fingerprint density at radius 3 is 2.76 bits per heavy atom. The maximum absolute atomic E-state index is 13.0. The predicted molar refractivity (Wildman–Crippen MR) is 68.8 cm³/mol. The molecule has 1 aromatic rings. The summed E-state index contributed by atoms with van der Waals surface area (Å²) in [4.78, 5) is 24.3. The molecule has 4 nitrogen and oxygen atoms in total. The van der Waals surface area contributed by atoms with Gasteiger partial charge in [0.05, 0.1) is 11.6 Å². The van der Waals surface area contributed by atoms with Crippen LogP contribution in [0.2, 0.25) is 0 Å². The van der Waals surface area contributed by atoms with E-state index in [-0.39, 0.29) is 24.7 Å². The summed E-state index contributed by atoms with van der Waals surface area (Å²) >= 11 is 1.96. The van der Waals surface area contributed by atoms with E-state index in [2.05, 4.69) is 0 Å². The van der Waals surface area contributed by atoms with Crippen LogP contribution in [-0.2, 0) is 9.59 Å². The van der Waals surface area contributed by atoms with Crippen LogP contribution in [0.5, 0.6) is 0 Å². The molecule has 1 aromatic carbocycles. The normalized spacial score (nSPS) is 19.8. The minimum atomic E-state index is -0.474. The fourth-order valence-electron chi connectivity index (χ4n) is 1.83. The van der Waals surface area contributed by atoms with Gasteiger partial charge in [-0.1, -0.05) is 0 Å². The summed E-state index contributed by atoms with van der Waals surface area (Å²) in [6.45, 7) is 0.274. The molecule has 0 spiro atoms. The molecule has 1 unspecified atom stereocenters. The molecule has 2 N–H and O–H groups in total. The number of anilines is 1. The highest BCUT2D eigenvalue weighted by Crippen LogP contribution is 2.29. The van der Waals surface area contributed by atoms with Gasteiger partial charge in [-0.15, -0.1) is 0 Å². The number of nitrogens with two attached hydrogens (primary N) is 1. The summed E-state index contributed by atoms with van der Waals surface area (Å²) in [7, 11) is 0. The Morgan fingerprint density at radius 1 is 1.53 bits per heavy atom. The smallest absolute Gasteiger partial charge is 0.227 e. The number of carbonyl (C=O) groups is 2. The molecular weight excluding hydrogens is 338 g/mol. The van der Waals surface area contributed by atoms with E-state index in [9.17, 15) is 14.0 Å². The van der Waals surface area contributed by atoms with Crippen LogP contribution in [0.25, 0.3) is 0 Å². The van der Waals surface area contributed by atoms with Crippen LogP contribution in [0, 0.1) is 15.3 Å². The van der Waals surface area contributed by atoms with E-state index in [1.807, 2.05) is 22.6 Å². The van der Waals surface area contributed by atoms with E-state index in [4.69, 9.17) is 5.73 Å². The SMILES string of the molecule is NC(=O)C1CC(=O)N(c2ccc(F)cc2I)C1. The van der Waals surface area contributed by atoms with Crippen molar-refractivity contribution in [1.29, 1.82) is 0 Å². The van der Waals surface area contributed by atoms with Crippen LogP contribution >= 0.6 is 22.6 Å². The average molecular weight is 348 g/mol. The summed E-state index contributed by atoms with van der Waals surface area (Å²) in [5, 5.41) is 0. The maximum Gasteiger partial charge on any atom is 0.227 e. The lowest BCUT2D eigenvalue weighted by Gasteiger charge is -2.17. The van der Waals surface area contributed by atoms with Gasteiger partial charge in [-0.2, -0.15) is 0 Å². The van der Waals surface area contributed by atoms with Crippen molar-refractivity contribution in [3.8, 4) is 0 Å². The number of hydrogen-bond donors (Lipinski definition) is 1. The van der Waals surface area contributed by atoms with Crippen molar-refractivity contribution in [3.63, 3.8) is 0 Å². The van der Waals surface area contributed by atoms with E-state index < -0.39 is 11.8 Å². The molecule has 1 atom stereocenters. The van der Waals surface area contributed by atoms with Crippen LogP contribution < -0.4 is 10.6 Å². The number of halogens is 2. The van der Waals surface area contributed by atoms with Crippen molar-refractivity contribution in [2.45, 2.75) is 6.42 Å². The van der Waals surface area contributed by atoms with Gasteiger partial charge in [-0.05, 0) is 40.8 Å². The molecule has 0 bridgehead atoms. The zero-order valence-electron chi connectivity index (χ0n) is 8.82. The second-order valence-corrected chi connectivity index (χ2v) is 5.07. The molecule has 2 rings (SSSR count). The standard InChI is InChI=1S/C11H10FIN2O2/c12-7-1-2-9(8(13)4-7)15-5-6(11(14)17)3-10(15)16/h1-2,4,6H,3,5H2,(H2,14,17). The fraction of sp³-hybridized carbons (Fsp3) is 0.273. The Morgan fingerprint density at radius 2 is 2.24 bits per heavy atom. The summed E-state index contributed by atoms with van der Waals surface area (Å²) in [5.74, 6) is -1.43. The third kappa shape index (κ3) is 2.41. The van der Waals surface area contributed by atoms with Crippen molar-refractivity contribution >= 4 is 40.1 Å². The number of rotatable bonds is 2. The van der Waals surface area contributed by atoms with E-state index in [1.165, 1.54) is 17.0 Å². The predicted octanol–water partition coefficient (Wildman–Crippen LogP) is 1.27. The number of carbonyl (C=O) groups excluding carboxylic acids is 2. The first-order valence-electron chi connectivity index (χ1n) is 5.04. The zero-order chi connectivity index (χ0) is 12.6. The Hall–Kier alpha value is -1.18. The molecule has 2 amide bonds. The molecular formula is C11H10FIN2O2. The van der Waals surface area contributed by atoms with Gasteiger partial charge < -0.3 is 10.6 Å². The Labute approximate surface area is 111 Å². The molecule has 17 heavy (non-hydrogen) atoms. The van der Waals surface area contributed by atoms with Crippen LogP contribution in [0.4, 0.5) is 10.1 Å². The summed E-state index contributed by atoms with van der Waals surface area (Å²) in [5.41, 5.74) is 5.81. The van der Waals surface area contributed by atoms with E-state index in [1.54, 1.807) is 6.07 Å². The van der Waals surface area contributed by atoms with Gasteiger partial charge in [0, 0.05) is 16.5 Å². The highest BCUT2D eigenvalue weighted by atomic mass is 127. The van der Waals surface area contributed by atoms with Crippen molar-refractivity contribution < 1.29 is 14.0 Å². The number of primary amides is 1. The zero-order valence-corrected chi connectivity index (χ0v) is 11.0. The molecule has 0 aromatic heterocycles. The lowest BCUT2D eigenvalue weighted by atomic mass is 10.1. The summed E-state index contributed by atoms with van der Waals surface area (Å²) in [6.07, 6.45) is 0.128. The molecule has 1 heterocycles.